The van der Waals surface area contributed by atoms with E-state index in [1.54, 1.807) is 0 Å². The number of aromatic nitrogens is 2. The summed E-state index contributed by atoms with van der Waals surface area (Å²) in [5.74, 6) is 0.719. The molecule has 2 nitrogen and oxygen atoms in total. The molecular weight excluding hydrogens is 569 g/mol. The molecule has 0 radical (unpaired) electrons. The summed E-state index contributed by atoms with van der Waals surface area (Å²) in [7, 11) is 0. The zero-order chi connectivity index (χ0) is 31.7. The molecule has 0 aliphatic heterocycles. The van der Waals surface area contributed by atoms with E-state index in [4.69, 9.17) is 9.97 Å². The maximum Gasteiger partial charge on any atom is 0.160 e. The van der Waals surface area contributed by atoms with Crippen molar-refractivity contribution in [1.82, 2.24) is 9.97 Å². The van der Waals surface area contributed by atoms with E-state index in [0.29, 0.717) is 0 Å². The maximum absolute atomic E-state index is 5.21. The normalized spacial score (nSPS) is 13.8. The molecule has 6 aromatic carbocycles. The molecule has 0 unspecified atom stereocenters. The van der Waals surface area contributed by atoms with Gasteiger partial charge in [-0.3, -0.25) is 0 Å². The number of rotatable bonds is 5. The van der Waals surface area contributed by atoms with Gasteiger partial charge in [0.1, 0.15) is 0 Å². The SMILES string of the molecule is C=C1/C(=C(/c2ccc(-c3nc(-c4cccc(-c5ccccc5)c4)c4ccccc4n3)cc2)c2ccccc2C)CCc2ccccc21. The van der Waals surface area contributed by atoms with Crippen LogP contribution in [0.1, 0.15) is 34.2 Å². The van der Waals surface area contributed by atoms with Crippen LogP contribution in [0.2, 0.25) is 0 Å². The fourth-order valence-electron chi connectivity index (χ4n) is 6.92. The lowest BCUT2D eigenvalue weighted by atomic mass is 9.78. The molecule has 0 bridgehead atoms. The van der Waals surface area contributed by atoms with E-state index >= 15 is 0 Å². The first-order chi connectivity index (χ1) is 23.1. The Hall–Kier alpha value is -5.86. The van der Waals surface area contributed by atoms with Crippen LogP contribution in [0.5, 0.6) is 0 Å². The predicted octanol–water partition coefficient (Wildman–Crippen LogP) is 11.4. The van der Waals surface area contributed by atoms with Gasteiger partial charge in [0.05, 0.1) is 11.2 Å². The Morgan fingerprint density at radius 2 is 1.28 bits per heavy atom. The highest BCUT2D eigenvalue weighted by molar-refractivity contribution is 5.97. The molecule has 0 saturated heterocycles. The highest BCUT2D eigenvalue weighted by atomic mass is 14.9. The van der Waals surface area contributed by atoms with Gasteiger partial charge in [-0.2, -0.15) is 0 Å². The van der Waals surface area contributed by atoms with Gasteiger partial charge in [0, 0.05) is 16.5 Å². The fraction of sp³-hybridized carbons (Fsp3) is 0.0667. The first-order valence-electron chi connectivity index (χ1n) is 16.2. The van der Waals surface area contributed by atoms with Gasteiger partial charge in [-0.05, 0) is 87.6 Å². The van der Waals surface area contributed by atoms with Crippen molar-refractivity contribution in [1.29, 1.82) is 0 Å². The van der Waals surface area contributed by atoms with Crippen molar-refractivity contribution < 1.29 is 0 Å². The average Bonchev–Trinajstić information content (AvgIpc) is 3.14. The maximum atomic E-state index is 5.21. The first kappa shape index (κ1) is 28.6. The largest absolute Gasteiger partial charge is 0.228 e. The predicted molar refractivity (Wildman–Crippen MR) is 197 cm³/mol. The zero-order valence-electron chi connectivity index (χ0n) is 26.4. The Labute approximate surface area is 276 Å². The van der Waals surface area contributed by atoms with Crippen molar-refractivity contribution in [2.24, 2.45) is 0 Å². The van der Waals surface area contributed by atoms with E-state index in [-0.39, 0.29) is 0 Å². The number of benzene rings is 6. The van der Waals surface area contributed by atoms with E-state index in [0.717, 1.165) is 52.0 Å². The van der Waals surface area contributed by atoms with Crippen molar-refractivity contribution in [3.8, 4) is 33.8 Å². The molecule has 1 aromatic heterocycles. The molecule has 0 amide bonds. The second-order valence-corrected chi connectivity index (χ2v) is 12.2. The summed E-state index contributed by atoms with van der Waals surface area (Å²) >= 11 is 0. The molecule has 2 heteroatoms. The second-order valence-electron chi connectivity index (χ2n) is 12.2. The summed E-state index contributed by atoms with van der Waals surface area (Å²) in [6, 6.07) is 53.6. The fourth-order valence-corrected chi connectivity index (χ4v) is 6.92. The highest BCUT2D eigenvalue weighted by Crippen LogP contribution is 2.42. The highest BCUT2D eigenvalue weighted by Gasteiger charge is 2.23. The van der Waals surface area contributed by atoms with E-state index in [9.17, 15) is 0 Å². The Kier molecular flexibility index (Phi) is 7.39. The molecule has 0 saturated carbocycles. The Morgan fingerprint density at radius 3 is 2.13 bits per heavy atom. The van der Waals surface area contributed by atoms with Crippen LogP contribution in [0.25, 0.3) is 55.8 Å². The quantitative estimate of drug-likeness (QED) is 0.196. The van der Waals surface area contributed by atoms with Crippen LogP contribution in [0.15, 0.2) is 164 Å². The zero-order valence-corrected chi connectivity index (χ0v) is 26.4. The minimum absolute atomic E-state index is 0.719. The van der Waals surface area contributed by atoms with Crippen molar-refractivity contribution in [2.45, 2.75) is 19.8 Å². The number of hydrogen-bond acceptors (Lipinski definition) is 2. The van der Waals surface area contributed by atoms with Crippen LogP contribution in [0, 0.1) is 6.92 Å². The summed E-state index contributed by atoms with van der Waals surface area (Å²) in [6.45, 7) is 6.81. The standard InChI is InChI=1S/C45H34N2/c1-30-13-6-8-19-38(30)43(40-28-27-33-16-7-9-20-39(33)31(40)2)34-23-25-35(26-24-34)45-46-42-22-11-10-21-41(42)44(47-45)37-18-12-17-36(29-37)32-14-4-3-5-15-32/h3-26,29H,2,27-28H2,1H3/b43-40-. The minimum atomic E-state index is 0.719. The molecule has 1 aliphatic rings. The molecule has 1 heterocycles. The van der Waals surface area contributed by atoms with Crippen LogP contribution in [-0.4, -0.2) is 9.97 Å². The number of hydrogen-bond donors (Lipinski definition) is 0. The molecule has 0 atom stereocenters. The molecule has 0 spiro atoms. The minimum Gasteiger partial charge on any atom is -0.228 e. The van der Waals surface area contributed by atoms with Gasteiger partial charge in [0.25, 0.3) is 0 Å². The van der Waals surface area contributed by atoms with E-state index in [2.05, 4.69) is 153 Å². The Morgan fingerprint density at radius 1 is 0.574 bits per heavy atom. The number of allylic oxidation sites excluding steroid dienone is 2. The van der Waals surface area contributed by atoms with Crippen molar-refractivity contribution >= 4 is 22.0 Å². The number of nitrogens with zero attached hydrogens (tertiary/aromatic N) is 2. The van der Waals surface area contributed by atoms with E-state index < -0.39 is 0 Å². The van der Waals surface area contributed by atoms with Gasteiger partial charge in [0.2, 0.25) is 0 Å². The van der Waals surface area contributed by atoms with Gasteiger partial charge in [0.15, 0.2) is 5.82 Å². The third kappa shape index (κ3) is 5.38. The lowest BCUT2D eigenvalue weighted by molar-refractivity contribution is 0.942. The van der Waals surface area contributed by atoms with Crippen molar-refractivity contribution in [3.05, 3.63) is 192 Å². The van der Waals surface area contributed by atoms with Gasteiger partial charge < -0.3 is 0 Å². The monoisotopic (exact) mass is 602 g/mol. The third-order valence-electron chi connectivity index (χ3n) is 9.35. The molecule has 0 N–H and O–H groups in total. The van der Waals surface area contributed by atoms with Gasteiger partial charge in [-0.1, -0.05) is 146 Å². The lowest BCUT2D eigenvalue weighted by Crippen LogP contribution is -2.07. The Bertz CT molecular complexity index is 2310. The second kappa shape index (κ2) is 12.2. The van der Waals surface area contributed by atoms with Crippen LogP contribution < -0.4 is 0 Å². The van der Waals surface area contributed by atoms with Gasteiger partial charge >= 0.3 is 0 Å². The molecular formula is C45H34N2. The topological polar surface area (TPSA) is 25.8 Å². The number of aryl methyl sites for hydroxylation is 2. The molecule has 0 fully saturated rings. The summed E-state index contributed by atoms with van der Waals surface area (Å²) in [4.78, 5) is 10.3. The smallest absolute Gasteiger partial charge is 0.160 e. The molecule has 224 valence electrons. The van der Waals surface area contributed by atoms with Crippen molar-refractivity contribution in [3.63, 3.8) is 0 Å². The first-order valence-corrected chi connectivity index (χ1v) is 16.2. The van der Waals surface area contributed by atoms with Crippen molar-refractivity contribution in [2.75, 3.05) is 0 Å². The molecule has 1 aliphatic carbocycles. The molecule has 47 heavy (non-hydrogen) atoms. The average molecular weight is 603 g/mol. The van der Waals surface area contributed by atoms with Crippen LogP contribution in [0.3, 0.4) is 0 Å². The summed E-state index contributed by atoms with van der Waals surface area (Å²) < 4.78 is 0. The van der Waals surface area contributed by atoms with E-state index in [1.807, 2.05) is 12.1 Å². The lowest BCUT2D eigenvalue weighted by Gasteiger charge is -2.26. The third-order valence-corrected chi connectivity index (χ3v) is 9.35. The van der Waals surface area contributed by atoms with Crippen LogP contribution in [0.4, 0.5) is 0 Å². The van der Waals surface area contributed by atoms with Gasteiger partial charge in [-0.25, -0.2) is 9.97 Å². The molecule has 8 rings (SSSR count). The van der Waals surface area contributed by atoms with Gasteiger partial charge in [-0.15, -0.1) is 0 Å². The number of para-hydroxylation sites is 1. The molecule has 7 aromatic rings. The summed E-state index contributed by atoms with van der Waals surface area (Å²) in [6.07, 6.45) is 1.97. The number of fused-ring (bicyclic) bond motifs is 2. The van der Waals surface area contributed by atoms with Crippen LogP contribution >= 0.6 is 0 Å². The summed E-state index contributed by atoms with van der Waals surface area (Å²) in [5, 5.41) is 1.04. The van der Waals surface area contributed by atoms with E-state index in [1.165, 1.54) is 50.1 Å². The van der Waals surface area contributed by atoms with Crippen LogP contribution in [-0.2, 0) is 6.42 Å². The summed E-state index contributed by atoms with van der Waals surface area (Å²) in [5.41, 5.74) is 16.3. The Balaban J connectivity index is 1.24.